The first-order valence-corrected chi connectivity index (χ1v) is 7.43. The highest BCUT2D eigenvalue weighted by Crippen LogP contribution is 2.28. The Morgan fingerprint density at radius 3 is 2.95 bits per heavy atom. The molecule has 1 heterocycles. The molecule has 0 atom stereocenters. The van der Waals surface area contributed by atoms with E-state index in [1.54, 1.807) is 28.8 Å². The number of anilines is 1. The van der Waals surface area contributed by atoms with Gasteiger partial charge in [-0.15, -0.1) is 0 Å². The standard InChI is InChI=1S/C13H16N2O3S/c1-19-7-5-14-13(18)15-6-4-9-8-10(12(16)17)2-3-11(9)15/h2-3,8H,4-7H2,1H3,(H,14,18)(H,16,17). The third kappa shape index (κ3) is 3.01. The second kappa shape index (κ2) is 5.97. The number of rotatable bonds is 4. The van der Waals surface area contributed by atoms with Gasteiger partial charge in [-0.1, -0.05) is 0 Å². The fraction of sp³-hybridized carbons (Fsp3) is 0.385. The second-order valence-corrected chi connectivity index (χ2v) is 5.26. The van der Waals surface area contributed by atoms with E-state index in [9.17, 15) is 9.59 Å². The Morgan fingerprint density at radius 2 is 2.26 bits per heavy atom. The molecular formula is C13H16N2O3S. The van der Waals surface area contributed by atoms with E-state index in [4.69, 9.17) is 5.11 Å². The molecule has 1 aromatic carbocycles. The van der Waals surface area contributed by atoms with Crippen molar-refractivity contribution in [1.29, 1.82) is 0 Å². The summed E-state index contributed by atoms with van der Waals surface area (Å²) in [5.41, 5.74) is 2.00. The Balaban J connectivity index is 2.09. The summed E-state index contributed by atoms with van der Waals surface area (Å²) in [5.74, 6) is -0.0598. The number of amides is 2. The number of carboxylic acid groups (broad SMARTS) is 1. The van der Waals surface area contributed by atoms with Crippen LogP contribution < -0.4 is 10.2 Å². The van der Waals surface area contributed by atoms with Crippen LogP contribution in [0.3, 0.4) is 0 Å². The number of thioether (sulfide) groups is 1. The lowest BCUT2D eigenvalue weighted by atomic mass is 10.1. The van der Waals surface area contributed by atoms with Crippen LogP contribution in [-0.4, -0.2) is 42.2 Å². The van der Waals surface area contributed by atoms with Gasteiger partial charge in [0.1, 0.15) is 0 Å². The van der Waals surface area contributed by atoms with E-state index in [-0.39, 0.29) is 11.6 Å². The van der Waals surface area contributed by atoms with E-state index in [0.717, 1.165) is 17.0 Å². The fourth-order valence-electron chi connectivity index (χ4n) is 2.10. The molecule has 0 unspecified atom stereocenters. The number of carboxylic acids is 1. The molecule has 0 saturated heterocycles. The van der Waals surface area contributed by atoms with Gasteiger partial charge in [0.05, 0.1) is 5.56 Å². The summed E-state index contributed by atoms with van der Waals surface area (Å²) in [6.07, 6.45) is 2.69. The van der Waals surface area contributed by atoms with Gasteiger partial charge in [-0.3, -0.25) is 4.90 Å². The number of nitrogens with one attached hydrogen (secondary N) is 1. The second-order valence-electron chi connectivity index (χ2n) is 4.28. The molecule has 1 aromatic rings. The zero-order chi connectivity index (χ0) is 13.8. The minimum atomic E-state index is -0.939. The molecule has 5 nitrogen and oxygen atoms in total. The summed E-state index contributed by atoms with van der Waals surface area (Å²) in [4.78, 5) is 24.6. The van der Waals surface area contributed by atoms with Gasteiger partial charge in [-0.2, -0.15) is 11.8 Å². The smallest absolute Gasteiger partial charge is 0.335 e. The number of hydrogen-bond donors (Lipinski definition) is 2. The molecule has 0 aromatic heterocycles. The minimum Gasteiger partial charge on any atom is -0.478 e. The van der Waals surface area contributed by atoms with Crippen LogP contribution in [0.5, 0.6) is 0 Å². The summed E-state index contributed by atoms with van der Waals surface area (Å²) >= 11 is 1.68. The number of carbonyl (C=O) groups excluding carboxylic acids is 1. The number of benzene rings is 1. The number of aromatic carboxylic acids is 1. The molecule has 1 aliphatic heterocycles. The van der Waals surface area contributed by atoms with Gasteiger partial charge in [-0.05, 0) is 36.4 Å². The Morgan fingerprint density at radius 1 is 1.47 bits per heavy atom. The van der Waals surface area contributed by atoms with Gasteiger partial charge in [0.15, 0.2) is 0 Å². The Labute approximate surface area is 116 Å². The van der Waals surface area contributed by atoms with Crippen LogP contribution in [0, 0.1) is 0 Å². The summed E-state index contributed by atoms with van der Waals surface area (Å²) < 4.78 is 0. The fourth-order valence-corrected chi connectivity index (χ4v) is 2.41. The van der Waals surface area contributed by atoms with E-state index in [1.165, 1.54) is 6.07 Å². The molecule has 2 amide bonds. The normalized spacial score (nSPS) is 13.2. The zero-order valence-corrected chi connectivity index (χ0v) is 11.5. The van der Waals surface area contributed by atoms with Crippen molar-refractivity contribution in [3.05, 3.63) is 29.3 Å². The molecule has 1 aliphatic rings. The lowest BCUT2D eigenvalue weighted by molar-refractivity contribution is 0.0697. The average Bonchev–Trinajstić information content (AvgIpc) is 2.81. The van der Waals surface area contributed by atoms with Crippen molar-refractivity contribution in [1.82, 2.24) is 5.32 Å². The lowest BCUT2D eigenvalue weighted by Gasteiger charge is -2.18. The maximum Gasteiger partial charge on any atom is 0.335 e. The molecule has 2 rings (SSSR count). The molecule has 2 N–H and O–H groups in total. The van der Waals surface area contributed by atoms with Crippen molar-refractivity contribution >= 4 is 29.4 Å². The van der Waals surface area contributed by atoms with Gasteiger partial charge in [0.25, 0.3) is 0 Å². The third-order valence-corrected chi connectivity index (χ3v) is 3.66. The maximum atomic E-state index is 12.0. The van der Waals surface area contributed by atoms with Gasteiger partial charge >= 0.3 is 12.0 Å². The molecule has 0 saturated carbocycles. The predicted molar refractivity (Wildman–Crippen MR) is 76.2 cm³/mol. The van der Waals surface area contributed by atoms with Gasteiger partial charge in [0.2, 0.25) is 0 Å². The highest BCUT2D eigenvalue weighted by molar-refractivity contribution is 7.98. The molecule has 0 radical (unpaired) electrons. The van der Waals surface area contributed by atoms with Crippen LogP contribution in [0.15, 0.2) is 18.2 Å². The molecule has 102 valence electrons. The van der Waals surface area contributed by atoms with Gasteiger partial charge in [0, 0.05) is 24.5 Å². The Bertz CT molecular complexity index is 505. The first kappa shape index (κ1) is 13.7. The topological polar surface area (TPSA) is 69.6 Å². The summed E-state index contributed by atoms with van der Waals surface area (Å²) in [6, 6.07) is 4.78. The van der Waals surface area contributed by atoms with Crippen molar-refractivity contribution in [2.45, 2.75) is 6.42 Å². The van der Waals surface area contributed by atoms with Crippen LogP contribution in [-0.2, 0) is 6.42 Å². The van der Waals surface area contributed by atoms with Gasteiger partial charge < -0.3 is 10.4 Å². The molecular weight excluding hydrogens is 264 g/mol. The first-order valence-electron chi connectivity index (χ1n) is 6.04. The molecule has 19 heavy (non-hydrogen) atoms. The van der Waals surface area contributed by atoms with Crippen LogP contribution in [0.4, 0.5) is 10.5 Å². The molecule has 0 aliphatic carbocycles. The van der Waals surface area contributed by atoms with Crippen molar-refractivity contribution in [2.75, 3.05) is 30.0 Å². The van der Waals surface area contributed by atoms with E-state index >= 15 is 0 Å². The Hall–Kier alpha value is -1.69. The summed E-state index contributed by atoms with van der Waals surface area (Å²) in [6.45, 7) is 1.24. The monoisotopic (exact) mass is 280 g/mol. The Kier molecular flexibility index (Phi) is 4.31. The van der Waals surface area contributed by atoms with Crippen molar-refractivity contribution in [3.8, 4) is 0 Å². The van der Waals surface area contributed by atoms with E-state index in [1.807, 2.05) is 6.26 Å². The molecule has 0 fully saturated rings. The molecule has 0 bridgehead atoms. The largest absolute Gasteiger partial charge is 0.478 e. The van der Waals surface area contributed by atoms with Crippen LogP contribution in [0.2, 0.25) is 0 Å². The van der Waals surface area contributed by atoms with Crippen LogP contribution in [0.1, 0.15) is 15.9 Å². The third-order valence-electron chi connectivity index (χ3n) is 3.05. The maximum absolute atomic E-state index is 12.0. The summed E-state index contributed by atoms with van der Waals surface area (Å²) in [5, 5.41) is 11.8. The van der Waals surface area contributed by atoms with E-state index < -0.39 is 5.97 Å². The zero-order valence-electron chi connectivity index (χ0n) is 10.7. The van der Waals surface area contributed by atoms with E-state index in [2.05, 4.69) is 5.32 Å². The lowest BCUT2D eigenvalue weighted by Crippen LogP contribution is -2.39. The number of carbonyl (C=O) groups is 2. The van der Waals surface area contributed by atoms with Crippen molar-refractivity contribution in [3.63, 3.8) is 0 Å². The predicted octanol–water partition coefficient (Wildman–Crippen LogP) is 1.82. The number of fused-ring (bicyclic) bond motifs is 1. The molecule has 6 heteroatoms. The number of nitrogens with zero attached hydrogens (tertiary/aromatic N) is 1. The number of urea groups is 1. The summed E-state index contributed by atoms with van der Waals surface area (Å²) in [7, 11) is 0. The molecule has 0 spiro atoms. The van der Waals surface area contributed by atoms with Gasteiger partial charge in [-0.25, -0.2) is 9.59 Å². The van der Waals surface area contributed by atoms with E-state index in [0.29, 0.717) is 19.5 Å². The van der Waals surface area contributed by atoms with Crippen molar-refractivity contribution < 1.29 is 14.7 Å². The highest BCUT2D eigenvalue weighted by Gasteiger charge is 2.25. The van der Waals surface area contributed by atoms with Crippen molar-refractivity contribution in [2.24, 2.45) is 0 Å². The first-order chi connectivity index (χ1) is 9.13. The highest BCUT2D eigenvalue weighted by atomic mass is 32.2. The quantitative estimate of drug-likeness (QED) is 0.825. The van der Waals surface area contributed by atoms with Crippen LogP contribution >= 0.6 is 11.8 Å². The van der Waals surface area contributed by atoms with Crippen LogP contribution in [0.25, 0.3) is 0 Å². The minimum absolute atomic E-state index is 0.115. The SMILES string of the molecule is CSCCNC(=O)N1CCc2cc(C(=O)O)ccc21. The average molecular weight is 280 g/mol. The number of hydrogen-bond acceptors (Lipinski definition) is 3.